The number of hydrogen-bond acceptors (Lipinski definition) is 10. The highest BCUT2D eigenvalue weighted by molar-refractivity contribution is 7.13. The number of aromatic nitrogens is 3. The fourth-order valence-corrected chi connectivity index (χ4v) is 13.6. The molecule has 2 aromatic heterocycles. The minimum Gasteiger partial charge on any atom is -0.493 e. The van der Waals surface area contributed by atoms with E-state index in [4.69, 9.17) is 15.6 Å². The Bertz CT molecular complexity index is 2350. The quantitative estimate of drug-likeness (QED) is 0.0894. The molecule has 0 aromatic carbocycles. The third-order valence-corrected chi connectivity index (χ3v) is 15.8. The predicted molar refractivity (Wildman–Crippen MR) is 258 cm³/mol. The van der Waals surface area contributed by atoms with Crippen LogP contribution in [0.4, 0.5) is 5.13 Å². The topological polar surface area (TPSA) is 144 Å². The Morgan fingerprint density at radius 1 is 1.03 bits per heavy atom. The maximum atomic E-state index is 12.0. The zero-order chi connectivity index (χ0) is 44.7. The lowest BCUT2D eigenvalue weighted by atomic mass is 9.46. The zero-order valence-electron chi connectivity index (χ0n) is 38.9. The average Bonchev–Trinajstić information content (AvgIpc) is 4.07. The van der Waals surface area contributed by atoms with Crippen molar-refractivity contribution in [2.24, 2.45) is 27.0 Å². The molecule has 12 nitrogen and oxygen atoms in total. The number of fused-ring (bicyclic) bond motifs is 2. The number of likely N-dealkylation sites (tertiary alicyclic amines) is 3. The number of nitrogens with one attached hydrogen (secondary N) is 2. The van der Waals surface area contributed by atoms with E-state index >= 15 is 0 Å². The van der Waals surface area contributed by atoms with Gasteiger partial charge in [0.25, 0.3) is 0 Å². The summed E-state index contributed by atoms with van der Waals surface area (Å²) in [5.41, 5.74) is 12.3. The summed E-state index contributed by atoms with van der Waals surface area (Å²) in [5, 5.41) is 31.5. The Balaban J connectivity index is 1.05. The van der Waals surface area contributed by atoms with Crippen LogP contribution in [0.25, 0.3) is 18.2 Å². The second-order valence-corrected chi connectivity index (χ2v) is 21.6. The van der Waals surface area contributed by atoms with Gasteiger partial charge in [0.15, 0.2) is 0 Å². The van der Waals surface area contributed by atoms with Crippen molar-refractivity contribution in [3.63, 3.8) is 0 Å². The van der Waals surface area contributed by atoms with Crippen LogP contribution in [0.1, 0.15) is 123 Å². The number of piperidine rings is 1. The van der Waals surface area contributed by atoms with Crippen LogP contribution in [0.3, 0.4) is 0 Å². The van der Waals surface area contributed by atoms with Crippen LogP contribution in [-0.4, -0.2) is 97.7 Å². The van der Waals surface area contributed by atoms with Gasteiger partial charge in [0, 0.05) is 59.7 Å². The molecular weight excluding hydrogens is 805 g/mol. The molecule has 63 heavy (non-hydrogen) atoms. The molecule has 0 radical (unpaired) electrons. The van der Waals surface area contributed by atoms with Crippen LogP contribution in [0.5, 0.6) is 0 Å². The van der Waals surface area contributed by atoms with E-state index in [-0.39, 0.29) is 27.7 Å². The molecule has 2 unspecified atom stereocenters. The van der Waals surface area contributed by atoms with E-state index in [2.05, 4.69) is 83.6 Å². The summed E-state index contributed by atoms with van der Waals surface area (Å²) in [6, 6.07) is 0. The number of rotatable bonds is 13. The summed E-state index contributed by atoms with van der Waals surface area (Å²) in [4.78, 5) is 15.8. The number of aliphatic hydroxyl groups is 1. The van der Waals surface area contributed by atoms with E-state index in [9.17, 15) is 10.5 Å². The molecule has 5 fully saturated rings. The van der Waals surface area contributed by atoms with E-state index in [1.54, 1.807) is 6.08 Å². The number of hydrogen-bond donors (Lipinski definition) is 4. The zero-order valence-corrected chi connectivity index (χ0v) is 39.7. The largest absolute Gasteiger partial charge is 0.493 e. The van der Waals surface area contributed by atoms with Crippen molar-refractivity contribution in [1.29, 1.82) is 5.41 Å². The van der Waals surface area contributed by atoms with Crippen LogP contribution in [0, 0.1) is 28.6 Å². The Kier molecular flexibility index (Phi) is 12.8. The summed E-state index contributed by atoms with van der Waals surface area (Å²) in [6.07, 6.45) is 22.8. The molecule has 8 rings (SSSR count). The van der Waals surface area contributed by atoms with Crippen molar-refractivity contribution >= 4 is 46.4 Å². The molecule has 2 aliphatic carbocycles. The molecule has 2 saturated carbocycles. The monoisotopic (exact) mass is 877 g/mol. The van der Waals surface area contributed by atoms with Crippen molar-refractivity contribution in [3.8, 4) is 0 Å². The normalized spacial score (nSPS) is 31.3. The molecule has 340 valence electrons. The number of ether oxygens (including phenoxy) is 1. The van der Waals surface area contributed by atoms with E-state index < -0.39 is 0 Å². The number of nitrogens with two attached hydrogens (primary N) is 1. The number of nitrogens with zero attached hydrogens (tertiary/aromatic N) is 7. The second kappa shape index (κ2) is 17.8. The van der Waals surface area contributed by atoms with Crippen molar-refractivity contribution in [2.75, 3.05) is 45.9 Å². The number of aliphatic hydroxyl groups excluding tert-OH is 1. The summed E-state index contributed by atoms with van der Waals surface area (Å²) < 4.78 is 9.89. The number of allylic oxidation sites excluding steroid dienone is 4. The fraction of sp³-hybridized carbons (Fsp3) is 0.600. The molecule has 6 aliphatic rings. The molecule has 2 aromatic rings. The van der Waals surface area contributed by atoms with Gasteiger partial charge in [-0.15, -0.1) is 0 Å². The molecule has 6 heterocycles. The van der Waals surface area contributed by atoms with Gasteiger partial charge in [-0.3, -0.25) is 10.1 Å². The summed E-state index contributed by atoms with van der Waals surface area (Å²) in [6.45, 7) is 29.2. The lowest BCUT2D eigenvalue weighted by Crippen LogP contribution is -2.55. The summed E-state index contributed by atoms with van der Waals surface area (Å²) >= 11 is 1.38. The maximum absolute atomic E-state index is 12.0. The first-order chi connectivity index (χ1) is 30.0. The van der Waals surface area contributed by atoms with Crippen molar-refractivity contribution in [3.05, 3.63) is 80.7 Å². The molecule has 4 aliphatic heterocycles. The SMILES string of the molecule is C=C/C=c1/nc(/N=C(N)/C(C)=C2/CCCN(C3=CC=C(c4cnn(CC5(CC)CC6(C)CC(C)(C5)CC(C)(OCCN5CCCC5)C6)c4C)/C(=C(\O)N4CCCC4)N3)C2=N)sc1=C. The van der Waals surface area contributed by atoms with E-state index in [0.717, 1.165) is 128 Å². The highest BCUT2D eigenvalue weighted by atomic mass is 32.1. The molecule has 2 atom stereocenters. The number of thiazole rings is 1. The summed E-state index contributed by atoms with van der Waals surface area (Å²) in [7, 11) is 0. The smallest absolute Gasteiger partial charge is 0.212 e. The highest BCUT2D eigenvalue weighted by Gasteiger charge is 2.58. The molecule has 2 bridgehead atoms. The Morgan fingerprint density at radius 2 is 1.73 bits per heavy atom. The first-order valence-corrected chi connectivity index (χ1v) is 24.3. The number of aliphatic imine (C=N–C) groups is 1. The van der Waals surface area contributed by atoms with Crippen LogP contribution in [0.15, 0.2) is 64.5 Å². The Morgan fingerprint density at radius 3 is 2.41 bits per heavy atom. The van der Waals surface area contributed by atoms with Gasteiger partial charge in [0.1, 0.15) is 23.2 Å². The molecule has 3 saturated heterocycles. The van der Waals surface area contributed by atoms with Gasteiger partial charge in [-0.05, 0) is 151 Å². The van der Waals surface area contributed by atoms with E-state index in [1.165, 1.54) is 43.7 Å². The third kappa shape index (κ3) is 9.38. The van der Waals surface area contributed by atoms with Gasteiger partial charge < -0.3 is 35.6 Å². The predicted octanol–water partition coefficient (Wildman–Crippen LogP) is 8.01. The van der Waals surface area contributed by atoms with E-state index in [1.807, 2.05) is 30.2 Å². The minimum absolute atomic E-state index is 0.0948. The lowest BCUT2D eigenvalue weighted by molar-refractivity contribution is -0.174. The maximum Gasteiger partial charge on any atom is 0.212 e. The van der Waals surface area contributed by atoms with Crippen LogP contribution >= 0.6 is 11.3 Å². The lowest BCUT2D eigenvalue weighted by Gasteiger charge is -2.61. The second-order valence-electron chi connectivity index (χ2n) is 20.6. The van der Waals surface area contributed by atoms with Gasteiger partial charge in [-0.25, -0.2) is 9.98 Å². The van der Waals surface area contributed by atoms with E-state index in [0.29, 0.717) is 35.5 Å². The van der Waals surface area contributed by atoms with Crippen LogP contribution < -0.4 is 20.9 Å². The van der Waals surface area contributed by atoms with Crippen LogP contribution in [0.2, 0.25) is 0 Å². The van der Waals surface area contributed by atoms with Crippen molar-refractivity contribution in [1.82, 2.24) is 34.8 Å². The van der Waals surface area contributed by atoms with Crippen LogP contribution in [-0.2, 0) is 11.3 Å². The number of amidine groups is 2. The van der Waals surface area contributed by atoms with Gasteiger partial charge in [-0.1, -0.05) is 51.3 Å². The standard InChI is InChI=1S/C50H72N10O2S/c1-9-16-40-36(5)63-46(54-40)56-43(51)34(3)37-17-15-24-59(44(37)52)41-19-18-38(42(55-41)45(61)58-22-13-14-23-58)39-27-53-60(35(39)4)33-50(10-2)31-47(6)28-48(7,32-50)30-49(8,29-47)62-26-25-57-20-11-12-21-57/h9,16,18-19,27,52,55,61H,1,5,10-15,17,20-26,28-33H2,2-4,6-8H3,(H2,51,54,56)/b37-34-,40-16+,45-42+,52-44?. The molecule has 13 heteroatoms. The van der Waals surface area contributed by atoms with Crippen molar-refractivity contribution in [2.45, 2.75) is 131 Å². The fourth-order valence-electron chi connectivity index (χ4n) is 12.9. The molecule has 0 spiro atoms. The van der Waals surface area contributed by atoms with Gasteiger partial charge in [0.05, 0.1) is 23.8 Å². The third-order valence-electron chi connectivity index (χ3n) is 15.0. The van der Waals surface area contributed by atoms with Gasteiger partial charge in [-0.2, -0.15) is 5.10 Å². The molecular formula is C50H72N10O2S. The minimum atomic E-state index is -0.0948. The summed E-state index contributed by atoms with van der Waals surface area (Å²) in [5.74, 6) is 1.69. The number of dihydropyridines is 1. The molecule has 0 amide bonds. The van der Waals surface area contributed by atoms with Gasteiger partial charge >= 0.3 is 0 Å². The van der Waals surface area contributed by atoms with Gasteiger partial charge in [0.2, 0.25) is 11.0 Å². The Hall–Kier alpha value is -4.46. The molecule has 5 N–H and O–H groups in total. The first kappa shape index (κ1) is 45.1. The Labute approximate surface area is 379 Å². The average molecular weight is 877 g/mol. The first-order valence-electron chi connectivity index (χ1n) is 23.5. The van der Waals surface area contributed by atoms with Crippen molar-refractivity contribution < 1.29 is 9.84 Å². The highest BCUT2D eigenvalue weighted by Crippen LogP contribution is 2.65.